The van der Waals surface area contributed by atoms with Gasteiger partial charge in [0.1, 0.15) is 6.61 Å². The molecule has 0 saturated heterocycles. The second-order valence-electron chi connectivity index (χ2n) is 5.18. The van der Waals surface area contributed by atoms with Gasteiger partial charge in [-0.05, 0) is 45.5 Å². The van der Waals surface area contributed by atoms with Crippen LogP contribution in [0.4, 0.5) is 4.39 Å². The van der Waals surface area contributed by atoms with Crippen molar-refractivity contribution in [3.8, 4) is 5.75 Å². The molecule has 106 valence electrons. The number of nitrogens with one attached hydrogen (secondary N) is 1. The Bertz CT molecular complexity index is 460. The van der Waals surface area contributed by atoms with Gasteiger partial charge in [0.15, 0.2) is 11.6 Å². The number of hydrogen-bond acceptors (Lipinski definition) is 3. The molecule has 0 aliphatic carbocycles. The number of benzene rings is 1. The van der Waals surface area contributed by atoms with Crippen molar-refractivity contribution >= 4 is 5.97 Å². The van der Waals surface area contributed by atoms with Crippen molar-refractivity contribution in [2.75, 3.05) is 13.7 Å². The van der Waals surface area contributed by atoms with Crippen LogP contribution >= 0.6 is 0 Å². The van der Waals surface area contributed by atoms with Crippen molar-refractivity contribution in [3.63, 3.8) is 0 Å². The van der Waals surface area contributed by atoms with E-state index >= 15 is 0 Å². The molecular weight excluding hydrogens is 249 g/mol. The Balaban J connectivity index is 2.78. The van der Waals surface area contributed by atoms with E-state index in [1.54, 1.807) is 13.1 Å². The standard InChI is InChI=1S/C14H20FNO3/c1-9(16-4)10-5-6-12(11(15)7-10)19-8-14(2,3)13(17)18/h5-7,9,16H,8H2,1-4H3,(H,17,18). The number of aliphatic carboxylic acids is 1. The van der Waals surface area contributed by atoms with E-state index in [1.807, 2.05) is 6.92 Å². The minimum Gasteiger partial charge on any atom is -0.489 e. The fourth-order valence-corrected chi connectivity index (χ4v) is 1.39. The van der Waals surface area contributed by atoms with Crippen LogP contribution in [0.5, 0.6) is 5.75 Å². The maximum absolute atomic E-state index is 13.8. The minimum absolute atomic E-state index is 0.0408. The number of rotatable bonds is 6. The number of carbonyl (C=O) groups is 1. The average molecular weight is 269 g/mol. The zero-order chi connectivity index (χ0) is 14.6. The molecule has 2 N–H and O–H groups in total. The fraction of sp³-hybridized carbons (Fsp3) is 0.500. The van der Waals surface area contributed by atoms with Crippen molar-refractivity contribution in [1.82, 2.24) is 5.32 Å². The average Bonchev–Trinajstić information content (AvgIpc) is 2.36. The lowest BCUT2D eigenvalue weighted by molar-refractivity contribution is -0.148. The molecule has 0 amide bonds. The van der Waals surface area contributed by atoms with E-state index in [4.69, 9.17) is 9.84 Å². The number of halogens is 1. The van der Waals surface area contributed by atoms with Crippen molar-refractivity contribution in [2.24, 2.45) is 5.41 Å². The zero-order valence-electron chi connectivity index (χ0n) is 11.7. The van der Waals surface area contributed by atoms with Gasteiger partial charge >= 0.3 is 5.97 Å². The summed E-state index contributed by atoms with van der Waals surface area (Å²) in [6.07, 6.45) is 0. The van der Waals surface area contributed by atoms with E-state index in [9.17, 15) is 9.18 Å². The summed E-state index contributed by atoms with van der Waals surface area (Å²) in [4.78, 5) is 10.9. The smallest absolute Gasteiger partial charge is 0.312 e. The summed E-state index contributed by atoms with van der Waals surface area (Å²) in [5, 5.41) is 12.0. The van der Waals surface area contributed by atoms with Gasteiger partial charge < -0.3 is 15.2 Å². The Hall–Kier alpha value is -1.62. The van der Waals surface area contributed by atoms with Crippen molar-refractivity contribution < 1.29 is 19.0 Å². The summed E-state index contributed by atoms with van der Waals surface area (Å²) in [6.45, 7) is 4.90. The molecule has 1 atom stereocenters. The molecule has 0 aliphatic heterocycles. The first-order valence-electron chi connectivity index (χ1n) is 6.11. The molecule has 1 unspecified atom stereocenters. The Morgan fingerprint density at radius 1 is 1.53 bits per heavy atom. The lowest BCUT2D eigenvalue weighted by Crippen LogP contribution is -2.30. The monoisotopic (exact) mass is 269 g/mol. The third-order valence-corrected chi connectivity index (χ3v) is 3.06. The second kappa shape index (κ2) is 6.02. The van der Waals surface area contributed by atoms with Gasteiger partial charge in [-0.1, -0.05) is 6.07 Å². The predicted molar refractivity (Wildman–Crippen MR) is 70.8 cm³/mol. The molecular formula is C14H20FNO3. The molecule has 5 heteroatoms. The first-order chi connectivity index (χ1) is 8.77. The normalized spacial score (nSPS) is 13.1. The maximum atomic E-state index is 13.8. The molecule has 19 heavy (non-hydrogen) atoms. The molecule has 0 saturated carbocycles. The van der Waals surface area contributed by atoms with E-state index in [0.29, 0.717) is 0 Å². The molecule has 0 aromatic heterocycles. The molecule has 0 radical (unpaired) electrons. The zero-order valence-corrected chi connectivity index (χ0v) is 11.7. The molecule has 1 aromatic carbocycles. The highest BCUT2D eigenvalue weighted by Crippen LogP contribution is 2.24. The molecule has 0 bridgehead atoms. The molecule has 1 aromatic rings. The van der Waals surface area contributed by atoms with E-state index < -0.39 is 17.2 Å². The van der Waals surface area contributed by atoms with E-state index in [0.717, 1.165) is 5.56 Å². The van der Waals surface area contributed by atoms with Crippen LogP contribution in [-0.4, -0.2) is 24.7 Å². The Labute approximate surface area is 112 Å². The Morgan fingerprint density at radius 3 is 2.63 bits per heavy atom. The van der Waals surface area contributed by atoms with Gasteiger partial charge in [-0.25, -0.2) is 4.39 Å². The summed E-state index contributed by atoms with van der Waals surface area (Å²) in [5.41, 5.74) is -0.242. The van der Waals surface area contributed by atoms with Gasteiger partial charge in [-0.2, -0.15) is 0 Å². The quantitative estimate of drug-likeness (QED) is 0.833. The first-order valence-corrected chi connectivity index (χ1v) is 6.11. The molecule has 0 heterocycles. The largest absolute Gasteiger partial charge is 0.489 e. The van der Waals surface area contributed by atoms with Gasteiger partial charge in [0.05, 0.1) is 5.41 Å². The van der Waals surface area contributed by atoms with E-state index in [-0.39, 0.29) is 18.4 Å². The van der Waals surface area contributed by atoms with Crippen molar-refractivity contribution in [2.45, 2.75) is 26.8 Å². The number of carboxylic acid groups (broad SMARTS) is 1. The van der Waals surface area contributed by atoms with Crippen LogP contribution in [0.15, 0.2) is 18.2 Å². The third-order valence-electron chi connectivity index (χ3n) is 3.06. The fourth-order valence-electron chi connectivity index (χ4n) is 1.39. The lowest BCUT2D eigenvalue weighted by atomic mass is 9.95. The van der Waals surface area contributed by atoms with E-state index in [1.165, 1.54) is 26.0 Å². The van der Waals surface area contributed by atoms with Crippen LogP contribution in [0.2, 0.25) is 0 Å². The summed E-state index contributed by atoms with van der Waals surface area (Å²) >= 11 is 0. The highest BCUT2D eigenvalue weighted by atomic mass is 19.1. The van der Waals surface area contributed by atoms with Crippen LogP contribution in [-0.2, 0) is 4.79 Å². The molecule has 0 aliphatic rings. The molecule has 4 nitrogen and oxygen atoms in total. The number of ether oxygens (including phenoxy) is 1. The highest BCUT2D eigenvalue weighted by molar-refractivity contribution is 5.73. The van der Waals surface area contributed by atoms with Crippen LogP contribution in [0, 0.1) is 11.2 Å². The summed E-state index contributed by atoms with van der Waals surface area (Å²) in [6, 6.07) is 4.72. The van der Waals surface area contributed by atoms with Gasteiger partial charge in [-0.15, -0.1) is 0 Å². The third kappa shape index (κ3) is 3.92. The van der Waals surface area contributed by atoms with Gasteiger partial charge in [0.2, 0.25) is 0 Å². The van der Waals surface area contributed by atoms with E-state index in [2.05, 4.69) is 5.32 Å². The van der Waals surface area contributed by atoms with Gasteiger partial charge in [0, 0.05) is 6.04 Å². The SMILES string of the molecule is CNC(C)c1ccc(OCC(C)(C)C(=O)O)c(F)c1. The molecule has 0 spiro atoms. The summed E-state index contributed by atoms with van der Waals surface area (Å²) < 4.78 is 19.1. The first kappa shape index (κ1) is 15.4. The van der Waals surface area contributed by atoms with Crippen molar-refractivity contribution in [1.29, 1.82) is 0 Å². The van der Waals surface area contributed by atoms with Gasteiger partial charge in [0.25, 0.3) is 0 Å². The summed E-state index contributed by atoms with van der Waals surface area (Å²) in [5.74, 6) is -1.39. The van der Waals surface area contributed by atoms with Gasteiger partial charge in [-0.3, -0.25) is 4.79 Å². The maximum Gasteiger partial charge on any atom is 0.312 e. The topological polar surface area (TPSA) is 58.6 Å². The Morgan fingerprint density at radius 2 is 2.16 bits per heavy atom. The highest BCUT2D eigenvalue weighted by Gasteiger charge is 2.28. The minimum atomic E-state index is -1.05. The Kier molecular flexibility index (Phi) is 4.89. The number of hydrogen-bond donors (Lipinski definition) is 2. The van der Waals surface area contributed by atoms with Crippen LogP contribution in [0.25, 0.3) is 0 Å². The van der Waals surface area contributed by atoms with Crippen LogP contribution < -0.4 is 10.1 Å². The molecule has 0 fully saturated rings. The molecule has 1 rings (SSSR count). The predicted octanol–water partition coefficient (Wildman–Crippen LogP) is 2.60. The van der Waals surface area contributed by atoms with Crippen LogP contribution in [0.1, 0.15) is 32.4 Å². The summed E-state index contributed by atoms with van der Waals surface area (Å²) in [7, 11) is 1.79. The number of carboxylic acids is 1. The second-order valence-corrected chi connectivity index (χ2v) is 5.18. The van der Waals surface area contributed by atoms with Crippen molar-refractivity contribution in [3.05, 3.63) is 29.6 Å². The van der Waals surface area contributed by atoms with Crippen LogP contribution in [0.3, 0.4) is 0 Å². The lowest BCUT2D eigenvalue weighted by Gasteiger charge is -2.20.